The molecule has 0 unspecified atom stereocenters. The Balaban J connectivity index is 1.83. The largest absolute Gasteiger partial charge is 0.460 e. The van der Waals surface area contributed by atoms with Crippen molar-refractivity contribution in [2.24, 2.45) is 5.73 Å². The predicted molar refractivity (Wildman–Crippen MR) is 117 cm³/mol. The normalized spacial score (nSPS) is 13.9. The molecule has 0 fully saturated rings. The molecule has 0 bridgehead atoms. The highest BCUT2D eigenvalue weighted by molar-refractivity contribution is 6.01. The van der Waals surface area contributed by atoms with Gasteiger partial charge in [0, 0.05) is 24.1 Å². The maximum atomic E-state index is 14.5. The maximum Gasteiger partial charge on any atom is 0.306 e. The number of fused-ring (bicyclic) bond motifs is 1. The molecule has 2 amide bonds. The van der Waals surface area contributed by atoms with Crippen LogP contribution in [0.1, 0.15) is 55.1 Å². The summed E-state index contributed by atoms with van der Waals surface area (Å²) in [5.41, 5.74) is 11.7. The van der Waals surface area contributed by atoms with Crippen molar-refractivity contribution in [2.75, 3.05) is 5.73 Å². The van der Waals surface area contributed by atoms with Gasteiger partial charge in [-0.2, -0.15) is 5.26 Å². The number of esters is 1. The van der Waals surface area contributed by atoms with E-state index in [0.717, 1.165) is 6.07 Å². The van der Waals surface area contributed by atoms with E-state index in [1.54, 1.807) is 32.9 Å². The van der Waals surface area contributed by atoms with E-state index in [1.807, 2.05) is 0 Å². The maximum absolute atomic E-state index is 14.5. The van der Waals surface area contributed by atoms with E-state index >= 15 is 0 Å². The third-order valence-corrected chi connectivity index (χ3v) is 5.08. The first-order valence-electron chi connectivity index (χ1n) is 10.2. The van der Waals surface area contributed by atoms with Gasteiger partial charge >= 0.3 is 5.97 Å². The van der Waals surface area contributed by atoms with Gasteiger partial charge in [-0.15, -0.1) is 0 Å². The predicted octanol–water partition coefficient (Wildman–Crippen LogP) is 2.27. The summed E-state index contributed by atoms with van der Waals surface area (Å²) in [4.78, 5) is 42.3. The fourth-order valence-corrected chi connectivity index (χ4v) is 3.64. The van der Waals surface area contributed by atoms with Gasteiger partial charge in [-0.3, -0.25) is 14.4 Å². The molecule has 0 aliphatic carbocycles. The second-order valence-electron chi connectivity index (χ2n) is 8.71. The van der Waals surface area contributed by atoms with Gasteiger partial charge in [-0.1, -0.05) is 6.07 Å². The quantitative estimate of drug-likeness (QED) is 0.636. The van der Waals surface area contributed by atoms with Gasteiger partial charge in [0.1, 0.15) is 29.2 Å². The number of amides is 2. The van der Waals surface area contributed by atoms with Gasteiger partial charge < -0.3 is 21.1 Å². The van der Waals surface area contributed by atoms with Crippen molar-refractivity contribution in [3.63, 3.8) is 0 Å². The third kappa shape index (κ3) is 5.09. The molecule has 1 atom stereocenters. The molecule has 0 saturated carbocycles. The van der Waals surface area contributed by atoms with E-state index in [2.05, 4.69) is 4.98 Å². The fourth-order valence-electron chi connectivity index (χ4n) is 3.64. The number of nitrogens with two attached hydrogens (primary N) is 2. The standard InChI is InChI=1S/C23H24FN5O4/c1-23(2,3)33-18(30)7-6-17(21(27)31)29-11-14-8-12(4-5-15(14)22(29)32)19-16(24)9-13(10-25)20(26)28-19/h4-5,8-9,17H,6-7,11H2,1-3H3,(H2,26,28)(H2,27,31)/t17-/m0/s1. The first-order valence-corrected chi connectivity index (χ1v) is 10.2. The lowest BCUT2D eigenvalue weighted by molar-refractivity contribution is -0.155. The zero-order chi connectivity index (χ0) is 24.5. The molecular formula is C23H24FN5O4. The Bertz CT molecular complexity index is 1180. The van der Waals surface area contributed by atoms with Gasteiger partial charge in [-0.05, 0) is 51.0 Å². The number of nitrogens with zero attached hydrogens (tertiary/aromatic N) is 3. The highest BCUT2D eigenvalue weighted by atomic mass is 19.1. The first kappa shape index (κ1) is 23.7. The Labute approximate surface area is 190 Å². The number of benzene rings is 1. The van der Waals surface area contributed by atoms with E-state index in [0.29, 0.717) is 16.7 Å². The number of pyridine rings is 1. The number of hydrogen-bond acceptors (Lipinski definition) is 7. The molecule has 172 valence electrons. The van der Waals surface area contributed by atoms with Crippen molar-refractivity contribution >= 4 is 23.6 Å². The second-order valence-corrected chi connectivity index (χ2v) is 8.71. The topological polar surface area (TPSA) is 152 Å². The monoisotopic (exact) mass is 453 g/mol. The van der Waals surface area contributed by atoms with E-state index in [-0.39, 0.29) is 36.5 Å². The summed E-state index contributed by atoms with van der Waals surface area (Å²) in [5, 5.41) is 8.97. The molecule has 1 aromatic heterocycles. The highest BCUT2D eigenvalue weighted by Gasteiger charge is 2.36. The van der Waals surface area contributed by atoms with Crippen LogP contribution in [0.3, 0.4) is 0 Å². The van der Waals surface area contributed by atoms with Crippen molar-refractivity contribution in [3.05, 3.63) is 46.8 Å². The first-order chi connectivity index (χ1) is 15.4. The number of hydrogen-bond donors (Lipinski definition) is 2. The van der Waals surface area contributed by atoms with Crippen LogP contribution in [0.5, 0.6) is 0 Å². The van der Waals surface area contributed by atoms with Gasteiger partial charge in [0.15, 0.2) is 5.82 Å². The minimum Gasteiger partial charge on any atom is -0.460 e. The van der Waals surface area contributed by atoms with E-state index in [9.17, 15) is 18.8 Å². The van der Waals surface area contributed by atoms with Gasteiger partial charge in [0.05, 0.1) is 5.56 Å². The zero-order valence-electron chi connectivity index (χ0n) is 18.5. The van der Waals surface area contributed by atoms with E-state index in [1.165, 1.54) is 17.0 Å². The van der Waals surface area contributed by atoms with Crippen molar-refractivity contribution in [1.29, 1.82) is 5.26 Å². The molecule has 1 aromatic carbocycles. The number of carbonyl (C=O) groups excluding carboxylic acids is 3. The van der Waals surface area contributed by atoms with Crippen LogP contribution in [0.4, 0.5) is 10.2 Å². The molecule has 33 heavy (non-hydrogen) atoms. The number of anilines is 1. The van der Waals surface area contributed by atoms with Crippen LogP contribution in [-0.2, 0) is 20.9 Å². The Morgan fingerprint density at radius 2 is 2.03 bits per heavy atom. The van der Waals surface area contributed by atoms with Crippen molar-refractivity contribution in [3.8, 4) is 17.3 Å². The Hall–Kier alpha value is -4.00. The average molecular weight is 453 g/mol. The molecule has 9 nitrogen and oxygen atoms in total. The van der Waals surface area contributed by atoms with Crippen LogP contribution in [0.2, 0.25) is 0 Å². The number of rotatable bonds is 6. The van der Waals surface area contributed by atoms with Gasteiger partial charge in [-0.25, -0.2) is 9.37 Å². The highest BCUT2D eigenvalue weighted by Crippen LogP contribution is 2.31. The molecule has 2 aromatic rings. The summed E-state index contributed by atoms with van der Waals surface area (Å²) in [6, 6.07) is 6.36. The lowest BCUT2D eigenvalue weighted by atomic mass is 10.0. The van der Waals surface area contributed by atoms with Gasteiger partial charge in [0.25, 0.3) is 5.91 Å². The van der Waals surface area contributed by atoms with Crippen molar-refractivity contribution in [2.45, 2.75) is 51.8 Å². The molecule has 2 heterocycles. The lowest BCUT2D eigenvalue weighted by Crippen LogP contribution is -2.45. The smallest absolute Gasteiger partial charge is 0.306 e. The minimum atomic E-state index is -1.01. The van der Waals surface area contributed by atoms with E-state index < -0.39 is 35.2 Å². The Morgan fingerprint density at radius 3 is 2.64 bits per heavy atom. The second kappa shape index (κ2) is 8.86. The van der Waals surface area contributed by atoms with Crippen molar-refractivity contribution in [1.82, 2.24) is 9.88 Å². The SMILES string of the molecule is CC(C)(C)OC(=O)CC[C@@H](C(N)=O)N1Cc2cc(-c3nc(N)c(C#N)cc3F)ccc2C1=O. The minimum absolute atomic E-state index is 0.0131. The van der Waals surface area contributed by atoms with Crippen LogP contribution in [0.15, 0.2) is 24.3 Å². The number of nitrogen functional groups attached to an aromatic ring is 1. The number of carbonyl (C=O) groups is 3. The summed E-state index contributed by atoms with van der Waals surface area (Å²) < 4.78 is 19.7. The van der Waals surface area contributed by atoms with Crippen LogP contribution in [0, 0.1) is 17.1 Å². The summed E-state index contributed by atoms with van der Waals surface area (Å²) in [5.74, 6) is -2.50. The zero-order valence-corrected chi connectivity index (χ0v) is 18.5. The van der Waals surface area contributed by atoms with Crippen LogP contribution < -0.4 is 11.5 Å². The van der Waals surface area contributed by atoms with Gasteiger partial charge in [0.2, 0.25) is 5.91 Å². The fraction of sp³-hybridized carbons (Fsp3) is 0.348. The molecule has 1 aliphatic rings. The molecule has 1 aliphatic heterocycles. The summed E-state index contributed by atoms with van der Waals surface area (Å²) >= 11 is 0. The molecule has 0 radical (unpaired) electrons. The number of halogens is 1. The van der Waals surface area contributed by atoms with Crippen LogP contribution in [0.25, 0.3) is 11.3 Å². The summed E-state index contributed by atoms with van der Waals surface area (Å²) in [7, 11) is 0. The number of primary amides is 1. The Morgan fingerprint density at radius 1 is 1.33 bits per heavy atom. The summed E-state index contributed by atoms with van der Waals surface area (Å²) in [6.07, 6.45) is -0.0743. The molecule has 3 rings (SSSR count). The third-order valence-electron chi connectivity index (χ3n) is 5.08. The molecule has 4 N–H and O–H groups in total. The molecule has 10 heteroatoms. The number of ether oxygens (including phenoxy) is 1. The number of aromatic nitrogens is 1. The lowest BCUT2D eigenvalue weighted by Gasteiger charge is -2.25. The molecular weight excluding hydrogens is 429 g/mol. The van der Waals surface area contributed by atoms with Crippen LogP contribution >= 0.6 is 0 Å². The Kier molecular flexibility index (Phi) is 6.35. The average Bonchev–Trinajstić information content (AvgIpc) is 3.03. The molecule has 0 saturated heterocycles. The summed E-state index contributed by atoms with van der Waals surface area (Å²) in [6.45, 7) is 5.24. The van der Waals surface area contributed by atoms with Crippen LogP contribution in [-0.4, -0.2) is 39.3 Å². The van der Waals surface area contributed by atoms with E-state index in [4.69, 9.17) is 21.5 Å². The number of nitriles is 1. The molecule has 0 spiro atoms. The van der Waals surface area contributed by atoms with Crippen molar-refractivity contribution < 1.29 is 23.5 Å².